The number of fused-ring (bicyclic) bond motifs is 4. The van der Waals surface area contributed by atoms with Crippen LogP contribution in [0.5, 0.6) is 5.75 Å². The number of hydrogen-bond donors (Lipinski definition) is 8. The number of nitrogens with zero attached hydrogens (tertiary/aromatic N) is 1. The number of anilines is 4. The number of benzene rings is 3. The second-order valence-electron chi connectivity index (χ2n) is 10.4. The topological polar surface area (TPSA) is 198 Å². The van der Waals surface area contributed by atoms with E-state index in [0.29, 0.717) is 33.8 Å². The molecule has 0 amide bonds. The number of hydrogen-bond acceptors (Lipinski definition) is 11. The van der Waals surface area contributed by atoms with Gasteiger partial charge >= 0.3 is 0 Å². The van der Waals surface area contributed by atoms with Crippen LogP contribution in [-0.4, -0.2) is 89.4 Å². The minimum absolute atomic E-state index is 0.361. The number of rotatable bonds is 8. The molecular weight excluding hydrogens is 578 g/mol. The van der Waals surface area contributed by atoms with Crippen LogP contribution in [0.15, 0.2) is 60.7 Å². The van der Waals surface area contributed by atoms with Gasteiger partial charge in [0.05, 0.1) is 53.6 Å². The van der Waals surface area contributed by atoms with Crippen molar-refractivity contribution in [2.24, 2.45) is 0 Å². The lowest BCUT2D eigenvalue weighted by Crippen LogP contribution is -2.60. The number of pyridine rings is 1. The van der Waals surface area contributed by atoms with Crippen LogP contribution in [0.4, 0.5) is 22.7 Å². The Hall–Kier alpha value is -4.18. The molecular formula is C29H31N5O8S. The van der Waals surface area contributed by atoms with Gasteiger partial charge in [-0.25, -0.2) is 13.4 Å². The monoisotopic (exact) mass is 609 g/mol. The fourth-order valence-corrected chi connectivity index (χ4v) is 5.88. The molecule has 1 aliphatic rings. The van der Waals surface area contributed by atoms with Crippen molar-refractivity contribution < 1.29 is 38.3 Å². The summed E-state index contributed by atoms with van der Waals surface area (Å²) in [5.41, 5.74) is 5.10. The Labute approximate surface area is 246 Å². The predicted octanol–water partition coefficient (Wildman–Crippen LogP) is 2.20. The SMILES string of the molecule is COc1cc(NS(C)(=O)=O)ccc1Nc1c2ccccc2nc2c1[nH]c1ccc(NC3OC(CO)C(O)C(O)C3O)cc12. The van der Waals surface area contributed by atoms with Gasteiger partial charge in [-0.1, -0.05) is 18.2 Å². The number of aromatic amines is 1. The average molecular weight is 610 g/mol. The molecule has 0 saturated carbocycles. The highest BCUT2D eigenvalue weighted by Crippen LogP contribution is 2.39. The van der Waals surface area contributed by atoms with Crippen LogP contribution in [0.2, 0.25) is 0 Å². The van der Waals surface area contributed by atoms with Gasteiger partial charge in [0, 0.05) is 28.0 Å². The summed E-state index contributed by atoms with van der Waals surface area (Å²) in [6, 6.07) is 18.0. The summed E-state index contributed by atoms with van der Waals surface area (Å²) in [6.45, 7) is -0.529. The van der Waals surface area contributed by atoms with Crippen LogP contribution >= 0.6 is 0 Å². The molecule has 0 bridgehead atoms. The van der Waals surface area contributed by atoms with Crippen LogP contribution in [-0.2, 0) is 14.8 Å². The molecule has 0 spiro atoms. The Balaban J connectivity index is 1.42. The second kappa shape index (κ2) is 11.1. The lowest BCUT2D eigenvalue weighted by molar-refractivity contribution is -0.221. The van der Waals surface area contributed by atoms with Gasteiger partial charge in [-0.15, -0.1) is 0 Å². The molecule has 6 rings (SSSR count). The van der Waals surface area contributed by atoms with Crippen molar-refractivity contribution in [3.8, 4) is 5.75 Å². The van der Waals surface area contributed by atoms with Crippen molar-refractivity contribution in [2.45, 2.75) is 30.6 Å². The van der Waals surface area contributed by atoms with E-state index in [4.69, 9.17) is 14.5 Å². The van der Waals surface area contributed by atoms with Crippen LogP contribution in [0.3, 0.4) is 0 Å². The van der Waals surface area contributed by atoms with E-state index in [2.05, 4.69) is 20.3 Å². The lowest BCUT2D eigenvalue weighted by atomic mass is 9.98. The predicted molar refractivity (Wildman–Crippen MR) is 163 cm³/mol. The summed E-state index contributed by atoms with van der Waals surface area (Å²) in [5, 5.41) is 48.4. The number of sulfonamides is 1. The first kappa shape index (κ1) is 28.9. The first-order valence-electron chi connectivity index (χ1n) is 13.4. The molecule has 2 aromatic heterocycles. The molecule has 3 aromatic carbocycles. The third-order valence-electron chi connectivity index (χ3n) is 7.39. The molecule has 5 aromatic rings. The largest absolute Gasteiger partial charge is 0.494 e. The summed E-state index contributed by atoms with van der Waals surface area (Å²) < 4.78 is 37.1. The quantitative estimate of drug-likeness (QED) is 0.128. The minimum Gasteiger partial charge on any atom is -0.494 e. The third-order valence-corrected chi connectivity index (χ3v) is 8.00. The summed E-state index contributed by atoms with van der Waals surface area (Å²) in [4.78, 5) is 8.36. The molecule has 3 heterocycles. The molecule has 8 N–H and O–H groups in total. The second-order valence-corrected chi connectivity index (χ2v) is 12.2. The Kier molecular flexibility index (Phi) is 7.50. The van der Waals surface area contributed by atoms with E-state index in [1.807, 2.05) is 36.4 Å². The van der Waals surface area contributed by atoms with Crippen LogP contribution in [0, 0.1) is 0 Å². The summed E-state index contributed by atoms with van der Waals surface area (Å²) in [5.74, 6) is 0.421. The molecule has 0 aliphatic carbocycles. The maximum atomic E-state index is 11.7. The van der Waals surface area contributed by atoms with E-state index in [0.717, 1.165) is 33.7 Å². The molecule has 14 heteroatoms. The van der Waals surface area contributed by atoms with Gasteiger partial charge in [0.2, 0.25) is 10.0 Å². The van der Waals surface area contributed by atoms with Gasteiger partial charge < -0.3 is 45.5 Å². The first-order chi connectivity index (χ1) is 20.6. The van der Waals surface area contributed by atoms with Crippen molar-refractivity contribution in [2.75, 3.05) is 35.3 Å². The zero-order valence-electron chi connectivity index (χ0n) is 23.1. The Bertz CT molecular complexity index is 1930. The smallest absolute Gasteiger partial charge is 0.229 e. The van der Waals surface area contributed by atoms with Gasteiger partial charge in [0.1, 0.15) is 30.2 Å². The van der Waals surface area contributed by atoms with Gasteiger partial charge in [-0.05, 0) is 36.4 Å². The first-order valence-corrected chi connectivity index (χ1v) is 15.3. The maximum absolute atomic E-state index is 11.7. The molecule has 226 valence electrons. The molecule has 5 atom stereocenters. The van der Waals surface area contributed by atoms with E-state index >= 15 is 0 Å². The van der Waals surface area contributed by atoms with Gasteiger partial charge in [-0.3, -0.25) is 4.72 Å². The van der Waals surface area contributed by atoms with E-state index in [9.17, 15) is 28.8 Å². The number of aromatic nitrogens is 2. The maximum Gasteiger partial charge on any atom is 0.229 e. The van der Waals surface area contributed by atoms with E-state index in [-0.39, 0.29) is 0 Å². The van der Waals surface area contributed by atoms with E-state index in [1.54, 1.807) is 24.3 Å². The number of H-pyrrole nitrogens is 1. The molecule has 5 unspecified atom stereocenters. The molecule has 1 aliphatic heterocycles. The Morgan fingerprint density at radius 2 is 1.74 bits per heavy atom. The normalized spacial score (nSPS) is 22.6. The standard InChI is InChI=1S/C29H31N5O8S/c1-41-21-12-15(34-43(2,39)40)8-10-20(21)33-23-16-5-3-4-6-18(16)31-24-17-11-14(7-9-19(17)32-25(23)24)30-29-28(38)27(37)26(36)22(13-35)42-29/h3-12,22,26-30,32,34-38H,13H2,1-2H3,(H,31,33). The molecule has 1 saturated heterocycles. The lowest BCUT2D eigenvalue weighted by Gasteiger charge is -2.40. The summed E-state index contributed by atoms with van der Waals surface area (Å²) >= 11 is 0. The fourth-order valence-electron chi connectivity index (χ4n) is 5.32. The molecule has 1 fully saturated rings. The van der Waals surface area contributed by atoms with E-state index in [1.165, 1.54) is 7.11 Å². The summed E-state index contributed by atoms with van der Waals surface area (Å²) in [6.07, 6.45) is -5.45. The molecule has 43 heavy (non-hydrogen) atoms. The summed E-state index contributed by atoms with van der Waals surface area (Å²) in [7, 11) is -1.97. The number of aliphatic hydroxyl groups excluding tert-OH is 4. The fraction of sp³-hybridized carbons (Fsp3) is 0.276. The number of nitrogens with one attached hydrogen (secondary N) is 4. The number of aliphatic hydroxyl groups is 4. The highest BCUT2D eigenvalue weighted by atomic mass is 32.2. The zero-order valence-corrected chi connectivity index (χ0v) is 24.0. The number of para-hydroxylation sites is 1. The number of methoxy groups -OCH3 is 1. The van der Waals surface area contributed by atoms with Crippen LogP contribution in [0.25, 0.3) is 32.8 Å². The Morgan fingerprint density at radius 1 is 0.977 bits per heavy atom. The minimum atomic E-state index is -3.47. The van der Waals surface area contributed by atoms with Crippen molar-refractivity contribution in [1.29, 1.82) is 0 Å². The molecule has 0 radical (unpaired) electrons. The van der Waals surface area contributed by atoms with Crippen molar-refractivity contribution in [1.82, 2.24) is 9.97 Å². The van der Waals surface area contributed by atoms with Gasteiger partial charge in [-0.2, -0.15) is 0 Å². The van der Waals surface area contributed by atoms with Crippen molar-refractivity contribution in [3.05, 3.63) is 60.7 Å². The molecule has 13 nitrogen and oxygen atoms in total. The van der Waals surface area contributed by atoms with Crippen molar-refractivity contribution in [3.63, 3.8) is 0 Å². The highest BCUT2D eigenvalue weighted by Gasteiger charge is 2.43. The van der Waals surface area contributed by atoms with Gasteiger partial charge in [0.25, 0.3) is 0 Å². The van der Waals surface area contributed by atoms with Gasteiger partial charge in [0.15, 0.2) is 6.23 Å². The highest BCUT2D eigenvalue weighted by molar-refractivity contribution is 7.92. The Morgan fingerprint density at radius 3 is 2.49 bits per heavy atom. The third kappa shape index (κ3) is 5.51. The average Bonchev–Trinajstić information content (AvgIpc) is 3.34. The van der Waals surface area contributed by atoms with E-state index < -0.39 is 47.3 Å². The van der Waals surface area contributed by atoms with Crippen molar-refractivity contribution >= 4 is 65.6 Å². The zero-order chi connectivity index (χ0) is 30.5. The van der Waals surface area contributed by atoms with Crippen LogP contribution in [0.1, 0.15) is 0 Å². The number of ether oxygens (including phenoxy) is 2. The van der Waals surface area contributed by atoms with Crippen LogP contribution < -0.4 is 20.1 Å².